The summed E-state index contributed by atoms with van der Waals surface area (Å²) in [5.41, 5.74) is 0. The molecule has 2 heterocycles. The van der Waals surface area contributed by atoms with Gasteiger partial charge in [-0.2, -0.15) is 0 Å². The smallest absolute Gasteiger partial charge is 0.221 e. The summed E-state index contributed by atoms with van der Waals surface area (Å²) in [6, 6.07) is 0.414. The third-order valence-electron chi connectivity index (χ3n) is 4.16. The minimum atomic E-state index is 0.206. The summed E-state index contributed by atoms with van der Waals surface area (Å²) in [4.78, 5) is 16.6. The Labute approximate surface area is 116 Å². The fourth-order valence-electron chi connectivity index (χ4n) is 2.83. The first-order valence-electron chi connectivity index (χ1n) is 7.65. The van der Waals surface area contributed by atoms with E-state index in [1.165, 1.54) is 19.5 Å². The number of hydrogen-bond acceptors (Lipinski definition) is 4. The standard InChI is InChI=1S/C14H28N4O/c1-17-8-10-18(11-9-17)7-3-6-16-14(19)12-13-4-2-5-15-13/h13,15H,2-12H2,1H3,(H,16,19). The number of nitrogens with one attached hydrogen (secondary N) is 2. The van der Waals surface area contributed by atoms with Gasteiger partial charge >= 0.3 is 0 Å². The lowest BCUT2D eigenvalue weighted by Crippen LogP contribution is -2.45. The number of hydrogen-bond donors (Lipinski definition) is 2. The van der Waals surface area contributed by atoms with E-state index < -0.39 is 0 Å². The molecule has 1 atom stereocenters. The lowest BCUT2D eigenvalue weighted by molar-refractivity contribution is -0.121. The van der Waals surface area contributed by atoms with Crippen molar-refractivity contribution in [2.24, 2.45) is 0 Å². The summed E-state index contributed by atoms with van der Waals surface area (Å²) in [5, 5.41) is 6.40. The quantitative estimate of drug-likeness (QED) is 0.660. The zero-order valence-corrected chi connectivity index (χ0v) is 12.2. The van der Waals surface area contributed by atoms with E-state index in [1.54, 1.807) is 0 Å². The highest BCUT2D eigenvalue weighted by Gasteiger charge is 2.17. The van der Waals surface area contributed by atoms with Crippen LogP contribution in [0.25, 0.3) is 0 Å². The Morgan fingerprint density at radius 1 is 1.32 bits per heavy atom. The molecule has 2 rings (SSSR count). The largest absolute Gasteiger partial charge is 0.356 e. The number of nitrogens with zero attached hydrogens (tertiary/aromatic N) is 2. The number of rotatable bonds is 6. The predicted molar refractivity (Wildman–Crippen MR) is 77.2 cm³/mol. The third-order valence-corrected chi connectivity index (χ3v) is 4.16. The van der Waals surface area contributed by atoms with Crippen LogP contribution in [0.5, 0.6) is 0 Å². The fourth-order valence-corrected chi connectivity index (χ4v) is 2.83. The zero-order valence-electron chi connectivity index (χ0n) is 12.2. The van der Waals surface area contributed by atoms with E-state index in [2.05, 4.69) is 27.5 Å². The molecular formula is C14H28N4O. The summed E-state index contributed by atoms with van der Waals surface area (Å²) < 4.78 is 0. The highest BCUT2D eigenvalue weighted by Crippen LogP contribution is 2.08. The van der Waals surface area contributed by atoms with E-state index in [4.69, 9.17) is 0 Å². The van der Waals surface area contributed by atoms with Crippen LogP contribution >= 0.6 is 0 Å². The average molecular weight is 268 g/mol. The van der Waals surface area contributed by atoms with Crippen molar-refractivity contribution in [2.75, 3.05) is 52.9 Å². The van der Waals surface area contributed by atoms with Gasteiger partial charge in [-0.05, 0) is 39.4 Å². The second-order valence-corrected chi connectivity index (χ2v) is 5.85. The number of carbonyl (C=O) groups excluding carboxylic acids is 1. The van der Waals surface area contributed by atoms with Crippen LogP contribution in [0.15, 0.2) is 0 Å². The molecule has 0 aromatic carbocycles. The number of carbonyl (C=O) groups is 1. The molecule has 2 aliphatic heterocycles. The first-order chi connectivity index (χ1) is 9.24. The number of piperazine rings is 1. The maximum absolute atomic E-state index is 11.7. The van der Waals surface area contributed by atoms with Crippen LogP contribution in [0.3, 0.4) is 0 Å². The molecule has 0 radical (unpaired) electrons. The topological polar surface area (TPSA) is 47.6 Å². The molecule has 0 bridgehead atoms. The molecule has 19 heavy (non-hydrogen) atoms. The molecule has 0 aliphatic carbocycles. The minimum absolute atomic E-state index is 0.206. The maximum atomic E-state index is 11.7. The molecule has 110 valence electrons. The lowest BCUT2D eigenvalue weighted by atomic mass is 10.1. The summed E-state index contributed by atoms with van der Waals surface area (Å²) in [5.74, 6) is 0.206. The lowest BCUT2D eigenvalue weighted by Gasteiger charge is -2.32. The van der Waals surface area contributed by atoms with Gasteiger partial charge in [0.2, 0.25) is 5.91 Å². The van der Waals surface area contributed by atoms with Gasteiger partial charge in [0, 0.05) is 45.2 Å². The summed E-state index contributed by atoms with van der Waals surface area (Å²) in [7, 11) is 2.18. The van der Waals surface area contributed by atoms with E-state index in [9.17, 15) is 4.79 Å². The Morgan fingerprint density at radius 3 is 2.79 bits per heavy atom. The maximum Gasteiger partial charge on any atom is 0.221 e. The molecule has 1 amide bonds. The Balaban J connectivity index is 1.48. The SMILES string of the molecule is CN1CCN(CCCNC(=O)CC2CCCN2)CC1. The summed E-state index contributed by atoms with van der Waals surface area (Å²) in [6.07, 6.45) is 4.07. The molecule has 2 N–H and O–H groups in total. The van der Waals surface area contributed by atoms with Gasteiger partial charge in [0.25, 0.3) is 0 Å². The molecule has 0 saturated carbocycles. The Bertz CT molecular complexity index is 271. The highest BCUT2D eigenvalue weighted by molar-refractivity contribution is 5.76. The normalized spacial score (nSPS) is 25.6. The van der Waals surface area contributed by atoms with Crippen LogP contribution in [0, 0.1) is 0 Å². The molecule has 0 aromatic rings. The molecule has 2 fully saturated rings. The fraction of sp³-hybridized carbons (Fsp3) is 0.929. The summed E-state index contributed by atoms with van der Waals surface area (Å²) in [6.45, 7) is 7.65. The second kappa shape index (κ2) is 7.82. The van der Waals surface area contributed by atoms with Crippen molar-refractivity contribution >= 4 is 5.91 Å². The zero-order chi connectivity index (χ0) is 13.5. The van der Waals surface area contributed by atoms with E-state index >= 15 is 0 Å². The van der Waals surface area contributed by atoms with Gasteiger partial charge in [-0.1, -0.05) is 0 Å². The Hall–Kier alpha value is -0.650. The molecule has 2 aliphatic rings. The van der Waals surface area contributed by atoms with Gasteiger partial charge in [-0.25, -0.2) is 0 Å². The highest BCUT2D eigenvalue weighted by atomic mass is 16.1. The van der Waals surface area contributed by atoms with Crippen LogP contribution in [0.2, 0.25) is 0 Å². The molecule has 0 spiro atoms. The molecule has 1 unspecified atom stereocenters. The van der Waals surface area contributed by atoms with Crippen molar-refractivity contribution in [1.29, 1.82) is 0 Å². The van der Waals surface area contributed by atoms with Gasteiger partial charge in [-0.3, -0.25) is 4.79 Å². The van der Waals surface area contributed by atoms with Crippen LogP contribution in [0.1, 0.15) is 25.7 Å². The van der Waals surface area contributed by atoms with Gasteiger partial charge in [-0.15, -0.1) is 0 Å². The molecular weight excluding hydrogens is 240 g/mol. The number of likely N-dealkylation sites (N-methyl/N-ethyl adjacent to an activating group) is 1. The minimum Gasteiger partial charge on any atom is -0.356 e. The van der Waals surface area contributed by atoms with Crippen molar-refractivity contribution in [3.63, 3.8) is 0 Å². The van der Waals surface area contributed by atoms with Crippen molar-refractivity contribution in [2.45, 2.75) is 31.7 Å². The van der Waals surface area contributed by atoms with Gasteiger partial charge in [0.05, 0.1) is 0 Å². The van der Waals surface area contributed by atoms with Crippen LogP contribution < -0.4 is 10.6 Å². The van der Waals surface area contributed by atoms with Crippen molar-refractivity contribution in [3.05, 3.63) is 0 Å². The monoisotopic (exact) mass is 268 g/mol. The average Bonchev–Trinajstić information content (AvgIpc) is 2.89. The van der Waals surface area contributed by atoms with Crippen LogP contribution in [-0.4, -0.2) is 74.6 Å². The van der Waals surface area contributed by atoms with Crippen molar-refractivity contribution in [1.82, 2.24) is 20.4 Å². The van der Waals surface area contributed by atoms with Gasteiger partial charge in [0.1, 0.15) is 0 Å². The molecule has 5 heteroatoms. The van der Waals surface area contributed by atoms with E-state index in [0.29, 0.717) is 12.5 Å². The third kappa shape index (κ3) is 5.47. The molecule has 0 aromatic heterocycles. The Kier molecular flexibility index (Phi) is 6.07. The van der Waals surface area contributed by atoms with E-state index in [0.717, 1.165) is 45.6 Å². The van der Waals surface area contributed by atoms with Crippen molar-refractivity contribution in [3.8, 4) is 0 Å². The first kappa shape index (κ1) is 14.8. The van der Waals surface area contributed by atoms with Crippen LogP contribution in [0.4, 0.5) is 0 Å². The first-order valence-corrected chi connectivity index (χ1v) is 7.65. The van der Waals surface area contributed by atoms with E-state index in [1.807, 2.05) is 0 Å². The van der Waals surface area contributed by atoms with Crippen LogP contribution in [-0.2, 0) is 4.79 Å². The summed E-state index contributed by atoms with van der Waals surface area (Å²) >= 11 is 0. The molecule has 5 nitrogen and oxygen atoms in total. The molecule has 2 saturated heterocycles. The van der Waals surface area contributed by atoms with Gasteiger partial charge < -0.3 is 20.4 Å². The van der Waals surface area contributed by atoms with E-state index in [-0.39, 0.29) is 5.91 Å². The number of amides is 1. The second-order valence-electron chi connectivity index (χ2n) is 5.85. The Morgan fingerprint density at radius 2 is 2.11 bits per heavy atom. The predicted octanol–water partition coefficient (Wildman–Crippen LogP) is -0.118. The van der Waals surface area contributed by atoms with Crippen molar-refractivity contribution < 1.29 is 4.79 Å². The van der Waals surface area contributed by atoms with Gasteiger partial charge in [0.15, 0.2) is 0 Å².